The first-order valence-electron chi connectivity index (χ1n) is 8.51. The Morgan fingerprint density at radius 2 is 2.08 bits per heavy atom. The van der Waals surface area contributed by atoms with E-state index in [1.807, 2.05) is 24.3 Å². The summed E-state index contributed by atoms with van der Waals surface area (Å²) in [7, 11) is 0. The van der Waals surface area contributed by atoms with E-state index in [4.69, 9.17) is 4.42 Å². The van der Waals surface area contributed by atoms with Gasteiger partial charge >= 0.3 is 0 Å². The number of hydrogen-bond donors (Lipinski definition) is 1. The molecule has 0 radical (unpaired) electrons. The minimum absolute atomic E-state index is 0.181. The van der Waals surface area contributed by atoms with Gasteiger partial charge in [-0.2, -0.15) is 5.26 Å². The van der Waals surface area contributed by atoms with Crippen LogP contribution in [0, 0.1) is 11.3 Å². The van der Waals surface area contributed by atoms with Crippen LogP contribution in [0.4, 0.5) is 0 Å². The van der Waals surface area contributed by atoms with Crippen LogP contribution in [-0.2, 0) is 4.79 Å². The van der Waals surface area contributed by atoms with Crippen LogP contribution < -0.4 is 5.32 Å². The van der Waals surface area contributed by atoms with Crippen molar-refractivity contribution in [2.75, 3.05) is 0 Å². The number of aromatic nitrogens is 2. The molecular formula is C18H19BrN4O2S. The summed E-state index contributed by atoms with van der Waals surface area (Å²) in [6, 6.07) is 9.87. The third kappa shape index (κ3) is 4.27. The number of rotatable bonds is 5. The minimum atomic E-state index is -0.737. The molecule has 1 aliphatic carbocycles. The summed E-state index contributed by atoms with van der Waals surface area (Å²) in [6.45, 7) is 1.77. The number of carbonyl (C=O) groups excluding carboxylic acids is 1. The number of thioether (sulfide) groups is 1. The van der Waals surface area contributed by atoms with E-state index in [1.54, 1.807) is 6.92 Å². The molecule has 1 heterocycles. The van der Waals surface area contributed by atoms with Crippen molar-refractivity contribution in [3.8, 4) is 17.5 Å². The molecule has 0 saturated heterocycles. The van der Waals surface area contributed by atoms with Gasteiger partial charge in [-0.15, -0.1) is 10.2 Å². The van der Waals surface area contributed by atoms with Crippen LogP contribution in [0.5, 0.6) is 0 Å². The fourth-order valence-electron chi connectivity index (χ4n) is 2.96. The monoisotopic (exact) mass is 434 g/mol. The molecule has 0 spiro atoms. The van der Waals surface area contributed by atoms with Crippen LogP contribution in [0.3, 0.4) is 0 Å². The number of benzene rings is 1. The second kappa shape index (κ2) is 8.23. The highest BCUT2D eigenvalue weighted by Gasteiger charge is 2.35. The van der Waals surface area contributed by atoms with Gasteiger partial charge in [0.05, 0.1) is 16.9 Å². The zero-order valence-corrected chi connectivity index (χ0v) is 16.8. The average Bonchev–Trinajstić information content (AvgIpc) is 3.11. The summed E-state index contributed by atoms with van der Waals surface area (Å²) in [4.78, 5) is 12.5. The number of amides is 1. The second-order valence-corrected chi connectivity index (χ2v) is 8.50. The van der Waals surface area contributed by atoms with Gasteiger partial charge in [-0.05, 0) is 47.8 Å². The number of nitrogens with one attached hydrogen (secondary N) is 1. The van der Waals surface area contributed by atoms with Crippen molar-refractivity contribution in [3.05, 3.63) is 28.7 Å². The summed E-state index contributed by atoms with van der Waals surface area (Å²) >= 11 is 4.65. The molecule has 0 aliphatic heterocycles. The molecule has 1 amide bonds. The maximum atomic E-state index is 12.5. The highest BCUT2D eigenvalue weighted by molar-refractivity contribution is 9.10. The highest BCUT2D eigenvalue weighted by Crippen LogP contribution is 2.31. The smallest absolute Gasteiger partial charge is 0.277 e. The molecule has 1 fully saturated rings. The zero-order valence-electron chi connectivity index (χ0n) is 14.4. The Hall–Kier alpha value is -1.85. The van der Waals surface area contributed by atoms with Crippen LogP contribution in [-0.4, -0.2) is 26.9 Å². The summed E-state index contributed by atoms with van der Waals surface area (Å²) in [5.41, 5.74) is 0.0635. The molecule has 1 aromatic heterocycles. The lowest BCUT2D eigenvalue weighted by Gasteiger charge is -2.32. The standard InChI is InChI=1S/C18H19BrN4O2S/c1-12(15(24)21-18(11-20)9-5-2-6-10-18)26-17-23-22-16(25-17)13-7-3-4-8-14(13)19/h3-4,7-8,12H,2,5-6,9-10H2,1H3,(H,21,24). The van der Waals surface area contributed by atoms with E-state index in [-0.39, 0.29) is 5.91 Å². The first-order chi connectivity index (χ1) is 12.5. The van der Waals surface area contributed by atoms with Crippen LogP contribution >= 0.6 is 27.7 Å². The van der Waals surface area contributed by atoms with Gasteiger partial charge < -0.3 is 9.73 Å². The summed E-state index contributed by atoms with van der Waals surface area (Å²) in [5, 5.41) is 20.4. The van der Waals surface area contributed by atoms with E-state index in [0.717, 1.165) is 29.3 Å². The van der Waals surface area contributed by atoms with E-state index in [9.17, 15) is 10.1 Å². The Morgan fingerprint density at radius 1 is 1.35 bits per heavy atom. The lowest BCUT2D eigenvalue weighted by molar-refractivity contribution is -0.122. The first-order valence-corrected chi connectivity index (χ1v) is 10.2. The lowest BCUT2D eigenvalue weighted by atomic mass is 9.83. The van der Waals surface area contributed by atoms with Crippen molar-refractivity contribution < 1.29 is 9.21 Å². The topological polar surface area (TPSA) is 91.8 Å². The van der Waals surface area contributed by atoms with Gasteiger partial charge in [0, 0.05) is 4.47 Å². The van der Waals surface area contributed by atoms with Crippen LogP contribution in [0.1, 0.15) is 39.0 Å². The van der Waals surface area contributed by atoms with Gasteiger partial charge in [0.15, 0.2) is 0 Å². The quantitative estimate of drug-likeness (QED) is 0.704. The van der Waals surface area contributed by atoms with Crippen LogP contribution in [0.25, 0.3) is 11.5 Å². The molecule has 136 valence electrons. The largest absolute Gasteiger partial charge is 0.411 e. The Labute approximate surface area is 164 Å². The molecule has 1 unspecified atom stereocenters. The van der Waals surface area contributed by atoms with Gasteiger partial charge in [0.1, 0.15) is 5.54 Å². The van der Waals surface area contributed by atoms with E-state index in [1.165, 1.54) is 11.8 Å². The molecule has 2 aromatic rings. The molecule has 1 aromatic carbocycles. The summed E-state index contributed by atoms with van der Waals surface area (Å²) in [5.74, 6) is 0.215. The predicted molar refractivity (Wildman–Crippen MR) is 102 cm³/mol. The van der Waals surface area contributed by atoms with Gasteiger partial charge in [-0.3, -0.25) is 4.79 Å². The zero-order chi connectivity index (χ0) is 18.6. The third-order valence-electron chi connectivity index (χ3n) is 4.44. The molecule has 1 atom stereocenters. The number of carbonyl (C=O) groups is 1. The van der Waals surface area contributed by atoms with E-state index in [2.05, 4.69) is 37.5 Å². The fourth-order valence-corrected chi connectivity index (χ4v) is 4.10. The molecule has 26 heavy (non-hydrogen) atoms. The molecule has 1 N–H and O–H groups in total. The van der Waals surface area contributed by atoms with Crippen molar-refractivity contribution in [2.24, 2.45) is 0 Å². The molecule has 1 aliphatic rings. The molecule has 6 nitrogen and oxygen atoms in total. The van der Waals surface area contributed by atoms with Crippen molar-refractivity contribution in [2.45, 2.75) is 55.0 Å². The van der Waals surface area contributed by atoms with Crippen molar-refractivity contribution in [3.63, 3.8) is 0 Å². The number of halogens is 1. The average molecular weight is 435 g/mol. The van der Waals surface area contributed by atoms with Crippen LogP contribution in [0.2, 0.25) is 0 Å². The molecule has 3 rings (SSSR count). The van der Waals surface area contributed by atoms with Gasteiger partial charge in [-0.1, -0.05) is 43.2 Å². The van der Waals surface area contributed by atoms with Gasteiger partial charge in [-0.25, -0.2) is 0 Å². The fraction of sp³-hybridized carbons (Fsp3) is 0.444. The summed E-state index contributed by atoms with van der Waals surface area (Å²) < 4.78 is 6.54. The SMILES string of the molecule is CC(Sc1nnc(-c2ccccc2Br)o1)C(=O)NC1(C#N)CCCCC1. The number of nitriles is 1. The maximum absolute atomic E-state index is 12.5. The Balaban J connectivity index is 1.65. The molecular weight excluding hydrogens is 416 g/mol. The number of nitrogens with zero attached hydrogens (tertiary/aromatic N) is 3. The number of hydrogen-bond acceptors (Lipinski definition) is 6. The lowest BCUT2D eigenvalue weighted by Crippen LogP contribution is -2.50. The van der Waals surface area contributed by atoms with Crippen molar-refractivity contribution >= 4 is 33.6 Å². The summed E-state index contributed by atoms with van der Waals surface area (Å²) in [6.07, 6.45) is 4.46. The highest BCUT2D eigenvalue weighted by atomic mass is 79.9. The Bertz CT molecular complexity index is 827. The van der Waals surface area contributed by atoms with Gasteiger partial charge in [0.25, 0.3) is 5.22 Å². The minimum Gasteiger partial charge on any atom is -0.411 e. The van der Waals surface area contributed by atoms with E-state index in [0.29, 0.717) is 24.0 Å². The van der Waals surface area contributed by atoms with Crippen LogP contribution in [0.15, 0.2) is 38.4 Å². The van der Waals surface area contributed by atoms with Crippen molar-refractivity contribution in [1.82, 2.24) is 15.5 Å². The second-order valence-electron chi connectivity index (χ2n) is 6.36. The predicted octanol–water partition coefficient (Wildman–Crippen LogP) is 4.32. The Morgan fingerprint density at radius 3 is 2.77 bits per heavy atom. The first kappa shape index (κ1) is 18.9. The van der Waals surface area contributed by atoms with E-state index >= 15 is 0 Å². The normalized spacial score (nSPS) is 17.3. The van der Waals surface area contributed by atoms with Gasteiger partial charge in [0.2, 0.25) is 11.8 Å². The molecule has 8 heteroatoms. The Kier molecular flexibility index (Phi) is 5.99. The van der Waals surface area contributed by atoms with Crippen molar-refractivity contribution in [1.29, 1.82) is 5.26 Å². The maximum Gasteiger partial charge on any atom is 0.277 e. The van der Waals surface area contributed by atoms with E-state index < -0.39 is 10.8 Å². The molecule has 0 bridgehead atoms. The molecule has 1 saturated carbocycles. The third-order valence-corrected chi connectivity index (χ3v) is 6.07.